The van der Waals surface area contributed by atoms with Crippen LogP contribution >= 0.6 is 15.6 Å². The average Bonchev–Trinajstić information content (AvgIpc) is 3.37. The van der Waals surface area contributed by atoms with Crippen molar-refractivity contribution in [3.63, 3.8) is 0 Å². The smallest absolute Gasteiger partial charge is 0.462 e. The first-order chi connectivity index (χ1) is 36.3. The van der Waals surface area contributed by atoms with Crippen molar-refractivity contribution in [2.75, 3.05) is 39.6 Å². The molecule has 0 radical (unpaired) electrons. The van der Waals surface area contributed by atoms with E-state index in [0.717, 1.165) is 115 Å². The maximum absolute atomic E-state index is 12.9. The number of unbranched alkanes of at least 4 members (excludes halogenated alkanes) is 22. The van der Waals surface area contributed by atoms with E-state index in [9.17, 15) is 43.2 Å². The number of hydrogen-bond donors (Lipinski definition) is 3. The van der Waals surface area contributed by atoms with Crippen LogP contribution in [-0.4, -0.2) is 96.7 Å². The number of aliphatic hydroxyl groups is 1. The number of esters is 4. The second-order valence-corrected chi connectivity index (χ2v) is 24.8. The summed E-state index contributed by atoms with van der Waals surface area (Å²) in [6.07, 6.45) is 27.2. The van der Waals surface area contributed by atoms with Crippen molar-refractivity contribution in [2.24, 2.45) is 17.8 Å². The van der Waals surface area contributed by atoms with E-state index in [1.165, 1.54) is 64.2 Å². The van der Waals surface area contributed by atoms with Gasteiger partial charge in [-0.2, -0.15) is 0 Å². The molecule has 0 aliphatic carbocycles. The van der Waals surface area contributed by atoms with Gasteiger partial charge in [-0.3, -0.25) is 37.3 Å². The zero-order chi connectivity index (χ0) is 56.7. The molecule has 0 saturated carbocycles. The predicted molar refractivity (Wildman–Crippen MR) is 298 cm³/mol. The molecule has 0 aromatic rings. The molecule has 3 N–H and O–H groups in total. The van der Waals surface area contributed by atoms with E-state index >= 15 is 0 Å². The zero-order valence-corrected chi connectivity index (χ0v) is 50.5. The molecular formula is C57H110O17P2. The van der Waals surface area contributed by atoms with Gasteiger partial charge in [-0.1, -0.05) is 215 Å². The highest BCUT2D eigenvalue weighted by Crippen LogP contribution is 2.45. The Balaban J connectivity index is 5.20. The maximum Gasteiger partial charge on any atom is 0.472 e. The van der Waals surface area contributed by atoms with Gasteiger partial charge < -0.3 is 33.8 Å². The Labute approximate surface area is 460 Å². The van der Waals surface area contributed by atoms with Gasteiger partial charge in [0.15, 0.2) is 12.2 Å². The van der Waals surface area contributed by atoms with Gasteiger partial charge in [0.05, 0.1) is 26.4 Å². The van der Waals surface area contributed by atoms with Gasteiger partial charge in [-0.05, 0) is 43.4 Å². The van der Waals surface area contributed by atoms with Crippen LogP contribution in [0.25, 0.3) is 0 Å². The fourth-order valence-electron chi connectivity index (χ4n) is 8.21. The van der Waals surface area contributed by atoms with Gasteiger partial charge in [-0.15, -0.1) is 0 Å². The highest BCUT2D eigenvalue weighted by Gasteiger charge is 2.30. The zero-order valence-electron chi connectivity index (χ0n) is 48.7. The molecule has 0 heterocycles. The Morgan fingerprint density at radius 2 is 0.671 bits per heavy atom. The van der Waals surface area contributed by atoms with Crippen molar-refractivity contribution >= 4 is 39.5 Å². The number of rotatable bonds is 55. The highest BCUT2D eigenvalue weighted by molar-refractivity contribution is 7.47. The molecule has 0 saturated heterocycles. The van der Waals surface area contributed by atoms with Crippen LogP contribution in [0.4, 0.5) is 0 Å². The lowest BCUT2D eigenvalue weighted by Gasteiger charge is -2.21. The lowest BCUT2D eigenvalue weighted by molar-refractivity contribution is -0.161. The Bertz CT molecular complexity index is 1530. The number of ether oxygens (including phenoxy) is 4. The number of hydrogen-bond acceptors (Lipinski definition) is 15. The lowest BCUT2D eigenvalue weighted by atomic mass is 10.00. The van der Waals surface area contributed by atoms with E-state index < -0.39 is 97.5 Å². The average molecular weight is 1130 g/mol. The summed E-state index contributed by atoms with van der Waals surface area (Å²) < 4.78 is 67.5. The molecule has 0 bridgehead atoms. The number of carbonyl (C=O) groups is 4. The normalized spacial score (nSPS) is 14.9. The first-order valence-corrected chi connectivity index (χ1v) is 32.9. The van der Waals surface area contributed by atoms with Crippen LogP contribution in [0.3, 0.4) is 0 Å². The van der Waals surface area contributed by atoms with E-state index in [2.05, 4.69) is 48.5 Å². The number of phosphoric ester groups is 2. The molecule has 76 heavy (non-hydrogen) atoms. The minimum Gasteiger partial charge on any atom is -0.462 e. The molecule has 3 unspecified atom stereocenters. The molecule has 0 rings (SSSR count). The minimum absolute atomic E-state index is 0.100. The molecule has 0 aliphatic heterocycles. The second kappa shape index (κ2) is 48.9. The van der Waals surface area contributed by atoms with Gasteiger partial charge in [0, 0.05) is 25.7 Å². The molecular weight excluding hydrogens is 1020 g/mol. The molecule has 0 amide bonds. The SMILES string of the molecule is CCCCCCCC(=O)OC[C@H](COP(=O)(O)OC[C@H](O)COP(=O)(O)OC[C@@H](COC(=O)CCCCCCCCC(C)CC)OC(=O)CCCCCCCCCCCC(C)C)OC(=O)CCCCCCCCC(C)C. The van der Waals surface area contributed by atoms with Crippen molar-refractivity contribution in [2.45, 2.75) is 285 Å². The summed E-state index contributed by atoms with van der Waals surface area (Å²) in [7, 11) is -9.87. The molecule has 0 aliphatic rings. The van der Waals surface area contributed by atoms with Crippen LogP contribution in [0.1, 0.15) is 267 Å². The number of carbonyl (C=O) groups excluding carboxylic acids is 4. The largest absolute Gasteiger partial charge is 0.472 e. The highest BCUT2D eigenvalue weighted by atomic mass is 31.2. The fourth-order valence-corrected chi connectivity index (χ4v) is 9.79. The quantitative estimate of drug-likeness (QED) is 0.0222. The number of aliphatic hydroxyl groups excluding tert-OH is 1. The van der Waals surface area contributed by atoms with Crippen molar-refractivity contribution in [3.05, 3.63) is 0 Å². The van der Waals surface area contributed by atoms with Gasteiger partial charge in [0.2, 0.25) is 0 Å². The van der Waals surface area contributed by atoms with Crippen molar-refractivity contribution < 1.29 is 80.2 Å². The Morgan fingerprint density at radius 1 is 0.382 bits per heavy atom. The molecule has 450 valence electrons. The van der Waals surface area contributed by atoms with Gasteiger partial charge >= 0.3 is 39.5 Å². The van der Waals surface area contributed by atoms with Gasteiger partial charge in [0.25, 0.3) is 0 Å². The summed E-state index contributed by atoms with van der Waals surface area (Å²) in [5, 5.41) is 10.5. The second-order valence-electron chi connectivity index (χ2n) is 21.9. The summed E-state index contributed by atoms with van der Waals surface area (Å²) in [6.45, 7) is 11.5. The molecule has 0 aromatic heterocycles. The third-order valence-corrected chi connectivity index (χ3v) is 15.1. The van der Waals surface area contributed by atoms with Crippen molar-refractivity contribution in [3.8, 4) is 0 Å². The first kappa shape index (κ1) is 74.1. The Hall–Kier alpha value is -1.94. The van der Waals surface area contributed by atoms with E-state index in [0.29, 0.717) is 31.6 Å². The first-order valence-electron chi connectivity index (χ1n) is 29.9. The van der Waals surface area contributed by atoms with Crippen LogP contribution in [0.5, 0.6) is 0 Å². The summed E-state index contributed by atoms with van der Waals surface area (Å²) in [6, 6.07) is 0. The molecule has 0 spiro atoms. The molecule has 6 atom stereocenters. The monoisotopic (exact) mass is 1130 g/mol. The topological polar surface area (TPSA) is 237 Å². The van der Waals surface area contributed by atoms with E-state index in [1.807, 2.05) is 0 Å². The third-order valence-electron chi connectivity index (χ3n) is 13.2. The van der Waals surface area contributed by atoms with Gasteiger partial charge in [-0.25, -0.2) is 9.13 Å². The van der Waals surface area contributed by atoms with Crippen LogP contribution in [0.2, 0.25) is 0 Å². The molecule has 0 aromatic carbocycles. The van der Waals surface area contributed by atoms with Crippen molar-refractivity contribution in [1.82, 2.24) is 0 Å². The van der Waals surface area contributed by atoms with Crippen molar-refractivity contribution in [1.29, 1.82) is 0 Å². The third kappa shape index (κ3) is 50.3. The molecule has 19 heteroatoms. The Morgan fingerprint density at radius 3 is 1.00 bits per heavy atom. The molecule has 0 fully saturated rings. The predicted octanol–water partition coefficient (Wildman–Crippen LogP) is 14.8. The Kier molecular flexibility index (Phi) is 47.7. The van der Waals surface area contributed by atoms with Crippen LogP contribution in [0, 0.1) is 17.8 Å². The fraction of sp³-hybridized carbons (Fsp3) is 0.930. The van der Waals surface area contributed by atoms with E-state index in [1.54, 1.807) is 0 Å². The summed E-state index contributed by atoms with van der Waals surface area (Å²) in [5.41, 5.74) is 0. The standard InChI is InChI=1S/C57H110O17P2/c1-8-10-11-21-31-38-54(59)67-44-52(74-57(62)41-34-27-19-17-23-29-36-49(5)6)46-71-75(63,64)69-42-51(58)43-70-76(65,66)72-47-53(45-68-55(60)39-32-25-20-18-24-30-37-50(7)9-2)73-56(61)40-33-26-16-14-12-13-15-22-28-35-48(3)4/h48-53,58H,8-47H2,1-7H3,(H,63,64)(H,65,66)/t50?,51-,52+,53+/m0/s1. The summed E-state index contributed by atoms with van der Waals surface area (Å²) in [4.78, 5) is 71.6. The van der Waals surface area contributed by atoms with E-state index in [4.69, 9.17) is 37.0 Å². The number of phosphoric acid groups is 2. The summed E-state index contributed by atoms with van der Waals surface area (Å²) >= 11 is 0. The van der Waals surface area contributed by atoms with Gasteiger partial charge in [0.1, 0.15) is 19.3 Å². The lowest BCUT2D eigenvalue weighted by Crippen LogP contribution is -2.30. The van der Waals surface area contributed by atoms with Crippen LogP contribution < -0.4 is 0 Å². The minimum atomic E-state index is -4.94. The van der Waals surface area contributed by atoms with E-state index in [-0.39, 0.29) is 25.7 Å². The van der Waals surface area contributed by atoms with Crippen LogP contribution in [-0.2, 0) is 65.4 Å². The molecule has 17 nitrogen and oxygen atoms in total. The maximum atomic E-state index is 12.9. The van der Waals surface area contributed by atoms with Crippen LogP contribution in [0.15, 0.2) is 0 Å². The summed E-state index contributed by atoms with van der Waals surface area (Å²) in [5.74, 6) is -0.0246.